The van der Waals surface area contributed by atoms with Gasteiger partial charge in [0, 0.05) is 18.8 Å². The van der Waals surface area contributed by atoms with Gasteiger partial charge in [0.05, 0.1) is 18.2 Å². The molecule has 24 heavy (non-hydrogen) atoms. The van der Waals surface area contributed by atoms with Gasteiger partial charge in [0.2, 0.25) is 0 Å². The molecule has 2 rings (SSSR count). The van der Waals surface area contributed by atoms with Crippen molar-refractivity contribution < 1.29 is 14.3 Å². The maximum atomic E-state index is 12.2. The minimum Gasteiger partial charge on any atom is -0.463 e. The Morgan fingerprint density at radius 3 is 2.54 bits per heavy atom. The summed E-state index contributed by atoms with van der Waals surface area (Å²) in [5, 5.41) is 5.45. The highest BCUT2D eigenvalue weighted by atomic mass is 16.5. The number of urea groups is 1. The quantitative estimate of drug-likeness (QED) is 0.782. The first kappa shape index (κ1) is 18.0. The third-order valence-electron chi connectivity index (χ3n) is 3.87. The average molecular weight is 331 g/mol. The second-order valence-corrected chi connectivity index (χ2v) is 6.09. The zero-order chi connectivity index (χ0) is 17.7. The summed E-state index contributed by atoms with van der Waals surface area (Å²) in [5.74, 6) is -0.392. The number of carbonyl (C=O) groups is 2. The van der Waals surface area contributed by atoms with Crippen molar-refractivity contribution in [1.82, 2.24) is 15.5 Å². The second-order valence-electron chi connectivity index (χ2n) is 6.09. The van der Waals surface area contributed by atoms with Crippen LogP contribution in [-0.4, -0.2) is 43.1 Å². The lowest BCUT2D eigenvalue weighted by molar-refractivity contribution is -0.139. The summed E-state index contributed by atoms with van der Waals surface area (Å²) >= 11 is 0. The van der Waals surface area contributed by atoms with Gasteiger partial charge in [-0.2, -0.15) is 0 Å². The fourth-order valence-electron chi connectivity index (χ4n) is 2.74. The van der Waals surface area contributed by atoms with Gasteiger partial charge in [-0.05, 0) is 33.4 Å². The molecule has 6 heteroatoms. The van der Waals surface area contributed by atoms with Crippen LogP contribution in [0, 0.1) is 6.92 Å². The summed E-state index contributed by atoms with van der Waals surface area (Å²) in [4.78, 5) is 26.0. The van der Waals surface area contributed by atoms with E-state index in [-0.39, 0.29) is 12.1 Å². The van der Waals surface area contributed by atoms with Gasteiger partial charge in [-0.1, -0.05) is 29.8 Å². The van der Waals surface area contributed by atoms with E-state index in [1.54, 1.807) is 13.8 Å². The second kappa shape index (κ2) is 7.97. The maximum Gasteiger partial charge on any atom is 0.337 e. The topological polar surface area (TPSA) is 70.7 Å². The van der Waals surface area contributed by atoms with E-state index in [2.05, 4.69) is 46.7 Å². The highest BCUT2D eigenvalue weighted by molar-refractivity contribution is 5.94. The third-order valence-corrected chi connectivity index (χ3v) is 3.87. The van der Waals surface area contributed by atoms with E-state index >= 15 is 0 Å². The van der Waals surface area contributed by atoms with Gasteiger partial charge in [-0.3, -0.25) is 4.90 Å². The molecule has 1 atom stereocenters. The van der Waals surface area contributed by atoms with Crippen LogP contribution >= 0.6 is 0 Å². The van der Waals surface area contributed by atoms with Crippen molar-refractivity contribution in [3.05, 3.63) is 46.7 Å². The van der Waals surface area contributed by atoms with Crippen molar-refractivity contribution in [2.75, 3.05) is 20.2 Å². The molecule has 1 unspecified atom stereocenters. The minimum absolute atomic E-state index is 0.297. The summed E-state index contributed by atoms with van der Waals surface area (Å²) in [5.41, 5.74) is 3.47. The number of likely N-dealkylation sites (N-methyl/N-ethyl adjacent to an activating group) is 1. The van der Waals surface area contributed by atoms with Crippen LogP contribution in [-0.2, 0) is 16.1 Å². The lowest BCUT2D eigenvalue weighted by atomic mass is 10.0. The van der Waals surface area contributed by atoms with E-state index < -0.39 is 5.97 Å². The molecule has 1 aliphatic rings. The molecule has 1 heterocycles. The van der Waals surface area contributed by atoms with Crippen molar-refractivity contribution in [3.63, 3.8) is 0 Å². The fraction of sp³-hybridized carbons (Fsp3) is 0.444. The van der Waals surface area contributed by atoms with E-state index in [0.717, 1.165) is 6.54 Å². The number of hydrogen-bond donors (Lipinski definition) is 2. The van der Waals surface area contributed by atoms with Crippen molar-refractivity contribution >= 4 is 12.0 Å². The molecular formula is C18H25N3O3. The number of esters is 1. The van der Waals surface area contributed by atoms with Crippen molar-refractivity contribution in [3.8, 4) is 0 Å². The van der Waals surface area contributed by atoms with Gasteiger partial charge >= 0.3 is 12.0 Å². The Kier molecular flexibility index (Phi) is 5.98. The number of benzene rings is 1. The Morgan fingerprint density at radius 2 is 1.92 bits per heavy atom. The van der Waals surface area contributed by atoms with Crippen LogP contribution in [0.25, 0.3) is 0 Å². The summed E-state index contributed by atoms with van der Waals surface area (Å²) in [6.45, 7) is 7.08. The number of hydrogen-bond acceptors (Lipinski definition) is 4. The maximum absolute atomic E-state index is 12.2. The van der Waals surface area contributed by atoms with Crippen LogP contribution in [0.5, 0.6) is 0 Å². The molecule has 1 aromatic rings. The highest BCUT2D eigenvalue weighted by Crippen LogP contribution is 2.16. The normalized spacial score (nSPS) is 17.5. The Hall–Kier alpha value is -2.34. The van der Waals surface area contributed by atoms with E-state index in [9.17, 15) is 9.59 Å². The summed E-state index contributed by atoms with van der Waals surface area (Å²) < 4.78 is 5.12. The SMILES string of the molecule is CCOC(=O)C1=C(CN(C)Cc2ccc(C)cc2)NC(=O)NC1C. The zero-order valence-corrected chi connectivity index (χ0v) is 14.7. The molecule has 6 nitrogen and oxygen atoms in total. The number of rotatable bonds is 6. The molecule has 0 saturated carbocycles. The van der Waals surface area contributed by atoms with E-state index in [0.29, 0.717) is 24.4 Å². The Balaban J connectivity index is 2.15. The Bertz CT molecular complexity index is 637. The monoisotopic (exact) mass is 331 g/mol. The summed E-state index contributed by atoms with van der Waals surface area (Å²) in [6, 6.07) is 7.63. The van der Waals surface area contributed by atoms with E-state index in [1.807, 2.05) is 7.05 Å². The first-order valence-electron chi connectivity index (χ1n) is 8.12. The van der Waals surface area contributed by atoms with Crippen LogP contribution in [0.2, 0.25) is 0 Å². The van der Waals surface area contributed by atoms with Crippen LogP contribution < -0.4 is 10.6 Å². The molecule has 0 saturated heterocycles. The van der Waals surface area contributed by atoms with Gasteiger partial charge in [-0.25, -0.2) is 9.59 Å². The first-order chi connectivity index (χ1) is 11.4. The number of nitrogens with one attached hydrogen (secondary N) is 2. The van der Waals surface area contributed by atoms with Crippen molar-refractivity contribution in [1.29, 1.82) is 0 Å². The number of carbonyl (C=O) groups excluding carboxylic acids is 2. The number of nitrogens with zero attached hydrogens (tertiary/aromatic N) is 1. The van der Waals surface area contributed by atoms with Gasteiger partial charge in [0.15, 0.2) is 0 Å². The van der Waals surface area contributed by atoms with Crippen LogP contribution in [0.15, 0.2) is 35.5 Å². The first-order valence-corrected chi connectivity index (χ1v) is 8.12. The molecule has 0 aromatic heterocycles. The molecule has 0 radical (unpaired) electrons. The smallest absolute Gasteiger partial charge is 0.337 e. The average Bonchev–Trinajstić information content (AvgIpc) is 2.49. The van der Waals surface area contributed by atoms with Crippen LogP contribution in [0.1, 0.15) is 25.0 Å². The molecule has 130 valence electrons. The van der Waals surface area contributed by atoms with Gasteiger partial charge in [0.1, 0.15) is 0 Å². The van der Waals surface area contributed by atoms with E-state index in [4.69, 9.17) is 4.74 Å². The predicted molar refractivity (Wildman–Crippen MR) is 92.3 cm³/mol. The molecule has 0 aliphatic carbocycles. The molecule has 0 spiro atoms. The molecule has 1 aliphatic heterocycles. The van der Waals surface area contributed by atoms with Gasteiger partial charge in [0.25, 0.3) is 0 Å². The molecule has 1 aromatic carbocycles. The Morgan fingerprint density at radius 1 is 1.25 bits per heavy atom. The van der Waals surface area contributed by atoms with Crippen molar-refractivity contribution in [2.24, 2.45) is 0 Å². The number of amides is 2. The highest BCUT2D eigenvalue weighted by Gasteiger charge is 2.29. The summed E-state index contributed by atoms with van der Waals surface area (Å²) in [6.07, 6.45) is 0. The molecular weight excluding hydrogens is 306 g/mol. The predicted octanol–water partition coefficient (Wildman–Crippen LogP) is 1.95. The zero-order valence-electron chi connectivity index (χ0n) is 14.7. The molecule has 2 amide bonds. The standard InChI is InChI=1S/C18H25N3O3/c1-5-24-17(22)16-13(3)19-18(23)20-15(16)11-21(4)10-14-8-6-12(2)7-9-14/h6-9,13H,5,10-11H2,1-4H3,(H2,19,20,23). The van der Waals surface area contributed by atoms with Crippen LogP contribution in [0.4, 0.5) is 4.79 Å². The fourth-order valence-corrected chi connectivity index (χ4v) is 2.74. The minimum atomic E-state index is -0.392. The lowest BCUT2D eigenvalue weighted by Crippen LogP contribution is -2.51. The van der Waals surface area contributed by atoms with Crippen molar-refractivity contribution in [2.45, 2.75) is 33.4 Å². The van der Waals surface area contributed by atoms with Crippen LogP contribution in [0.3, 0.4) is 0 Å². The Labute approximate surface area is 142 Å². The van der Waals surface area contributed by atoms with Gasteiger partial charge < -0.3 is 15.4 Å². The number of aryl methyl sites for hydroxylation is 1. The number of ether oxygens (including phenoxy) is 1. The molecule has 0 bridgehead atoms. The lowest BCUT2D eigenvalue weighted by Gasteiger charge is -2.29. The third kappa shape index (κ3) is 4.58. The largest absolute Gasteiger partial charge is 0.463 e. The van der Waals surface area contributed by atoms with Gasteiger partial charge in [-0.15, -0.1) is 0 Å². The molecule has 0 fully saturated rings. The molecule has 2 N–H and O–H groups in total. The van der Waals surface area contributed by atoms with E-state index in [1.165, 1.54) is 11.1 Å². The summed E-state index contributed by atoms with van der Waals surface area (Å²) in [7, 11) is 1.95.